The highest BCUT2D eigenvalue weighted by atomic mass is 32.2. The average Bonchev–Trinajstić information content (AvgIpc) is 2.85. The van der Waals surface area contributed by atoms with Crippen LogP contribution in [0.5, 0.6) is 0 Å². The second-order valence-electron chi connectivity index (χ2n) is 5.06. The fourth-order valence-corrected chi connectivity index (χ4v) is 3.89. The lowest BCUT2D eigenvalue weighted by molar-refractivity contribution is 0.0553. The molecule has 0 aromatic carbocycles. The zero-order valence-electron chi connectivity index (χ0n) is 11.6. The van der Waals surface area contributed by atoms with Gasteiger partial charge in [-0.3, -0.25) is 0 Å². The molecular formula is C12H21N3O3S. The van der Waals surface area contributed by atoms with E-state index in [1.54, 1.807) is 25.8 Å². The number of ether oxygens (including phenoxy) is 1. The van der Waals surface area contributed by atoms with Crippen molar-refractivity contribution in [2.75, 3.05) is 14.2 Å². The van der Waals surface area contributed by atoms with E-state index in [-0.39, 0.29) is 17.2 Å². The van der Waals surface area contributed by atoms with Crippen LogP contribution in [0, 0.1) is 0 Å². The van der Waals surface area contributed by atoms with Gasteiger partial charge in [-0.15, -0.1) is 0 Å². The van der Waals surface area contributed by atoms with E-state index in [1.807, 2.05) is 0 Å². The minimum absolute atomic E-state index is 0.0402. The van der Waals surface area contributed by atoms with E-state index in [4.69, 9.17) is 4.74 Å². The molecule has 7 heteroatoms. The summed E-state index contributed by atoms with van der Waals surface area (Å²) in [5, 5.41) is 0.117. The Labute approximate surface area is 114 Å². The van der Waals surface area contributed by atoms with Crippen molar-refractivity contribution in [2.45, 2.75) is 42.9 Å². The van der Waals surface area contributed by atoms with Crippen molar-refractivity contribution in [1.82, 2.24) is 13.9 Å². The fraction of sp³-hybridized carbons (Fsp3) is 0.750. The first-order valence-corrected chi connectivity index (χ1v) is 7.88. The summed E-state index contributed by atoms with van der Waals surface area (Å²) in [6, 6.07) is 0.0402. The predicted octanol–water partition coefficient (Wildman–Crippen LogP) is 0.998. The molecule has 0 saturated heterocycles. The molecule has 0 N–H and O–H groups in total. The van der Waals surface area contributed by atoms with E-state index >= 15 is 0 Å². The molecule has 0 aliphatic heterocycles. The molecule has 2 rings (SSSR count). The lowest BCUT2D eigenvalue weighted by atomic mass is 9.93. The molecule has 0 radical (unpaired) electrons. The molecule has 1 heterocycles. The van der Waals surface area contributed by atoms with E-state index in [0.29, 0.717) is 0 Å². The first-order valence-electron chi connectivity index (χ1n) is 6.44. The van der Waals surface area contributed by atoms with Crippen molar-refractivity contribution >= 4 is 10.0 Å². The predicted molar refractivity (Wildman–Crippen MR) is 71.2 cm³/mol. The molecular weight excluding hydrogens is 266 g/mol. The van der Waals surface area contributed by atoms with Gasteiger partial charge in [0.1, 0.15) is 0 Å². The minimum atomic E-state index is -3.48. The zero-order chi connectivity index (χ0) is 14.0. The van der Waals surface area contributed by atoms with E-state index in [0.717, 1.165) is 25.7 Å². The summed E-state index contributed by atoms with van der Waals surface area (Å²) in [4.78, 5) is 3.94. The van der Waals surface area contributed by atoms with Crippen LogP contribution < -0.4 is 0 Å². The van der Waals surface area contributed by atoms with Crippen LogP contribution in [-0.2, 0) is 21.8 Å². The number of hydrogen-bond donors (Lipinski definition) is 0. The number of methoxy groups -OCH3 is 1. The van der Waals surface area contributed by atoms with Gasteiger partial charge in [0, 0.05) is 33.4 Å². The smallest absolute Gasteiger partial charge is 0.262 e. The highest BCUT2D eigenvalue weighted by Gasteiger charge is 2.32. The van der Waals surface area contributed by atoms with Crippen LogP contribution >= 0.6 is 0 Å². The van der Waals surface area contributed by atoms with E-state index in [2.05, 4.69) is 4.98 Å². The number of nitrogens with zero attached hydrogens (tertiary/aromatic N) is 3. The summed E-state index contributed by atoms with van der Waals surface area (Å²) in [7, 11) is 1.63. The molecule has 1 fully saturated rings. The maximum atomic E-state index is 12.4. The average molecular weight is 287 g/mol. The summed E-state index contributed by atoms with van der Waals surface area (Å²) >= 11 is 0. The Hall–Kier alpha value is -0.920. The normalized spacial score (nSPS) is 24.8. The summed E-state index contributed by atoms with van der Waals surface area (Å²) in [6.45, 7) is 0. The molecule has 1 saturated carbocycles. The van der Waals surface area contributed by atoms with Crippen LogP contribution in [0.3, 0.4) is 0 Å². The second-order valence-corrected chi connectivity index (χ2v) is 7.01. The number of imidazole rings is 1. The Morgan fingerprint density at radius 1 is 1.37 bits per heavy atom. The molecule has 6 nitrogen and oxygen atoms in total. The quantitative estimate of drug-likeness (QED) is 0.828. The molecule has 0 unspecified atom stereocenters. The third-order valence-electron chi connectivity index (χ3n) is 3.82. The molecule has 1 aliphatic rings. The molecule has 108 valence electrons. The number of aryl methyl sites for hydroxylation is 1. The number of sulfonamides is 1. The van der Waals surface area contributed by atoms with E-state index in [9.17, 15) is 8.42 Å². The Morgan fingerprint density at radius 2 is 2.00 bits per heavy atom. The summed E-state index contributed by atoms with van der Waals surface area (Å²) in [5.41, 5.74) is 0. The number of hydrogen-bond acceptors (Lipinski definition) is 4. The van der Waals surface area contributed by atoms with Crippen molar-refractivity contribution in [2.24, 2.45) is 7.05 Å². The Balaban J connectivity index is 2.09. The third-order valence-corrected chi connectivity index (χ3v) is 5.61. The van der Waals surface area contributed by atoms with Crippen molar-refractivity contribution in [1.29, 1.82) is 0 Å². The van der Waals surface area contributed by atoms with Gasteiger partial charge in [-0.25, -0.2) is 13.4 Å². The summed E-state index contributed by atoms with van der Waals surface area (Å²) in [5.74, 6) is 0. The topological polar surface area (TPSA) is 64.4 Å². The minimum Gasteiger partial charge on any atom is -0.381 e. The number of rotatable bonds is 4. The molecule has 0 amide bonds. The van der Waals surface area contributed by atoms with Gasteiger partial charge < -0.3 is 9.30 Å². The molecule has 0 bridgehead atoms. The summed E-state index contributed by atoms with van der Waals surface area (Å²) in [6.07, 6.45) is 6.78. The van der Waals surface area contributed by atoms with Gasteiger partial charge >= 0.3 is 0 Å². The van der Waals surface area contributed by atoms with Gasteiger partial charge in [0.05, 0.1) is 12.4 Å². The third kappa shape index (κ3) is 2.98. The van der Waals surface area contributed by atoms with Gasteiger partial charge in [-0.1, -0.05) is 0 Å². The van der Waals surface area contributed by atoms with Crippen LogP contribution in [0.15, 0.2) is 17.6 Å². The Morgan fingerprint density at radius 3 is 2.47 bits per heavy atom. The SMILES string of the molecule is COC1CCC(N(C)S(=O)(=O)c2cn(C)cn2)CC1. The Kier molecular flexibility index (Phi) is 4.27. The van der Waals surface area contributed by atoms with Crippen LogP contribution in [0.25, 0.3) is 0 Å². The lowest BCUT2D eigenvalue weighted by Crippen LogP contribution is -2.40. The van der Waals surface area contributed by atoms with E-state index < -0.39 is 10.0 Å². The van der Waals surface area contributed by atoms with Crippen molar-refractivity contribution < 1.29 is 13.2 Å². The molecule has 1 aromatic rings. The first kappa shape index (κ1) is 14.5. The largest absolute Gasteiger partial charge is 0.381 e. The van der Waals surface area contributed by atoms with Crippen LogP contribution in [0.4, 0.5) is 0 Å². The van der Waals surface area contributed by atoms with Crippen molar-refractivity contribution in [3.63, 3.8) is 0 Å². The molecule has 0 atom stereocenters. The molecule has 0 spiro atoms. The van der Waals surface area contributed by atoms with Gasteiger partial charge in [0.2, 0.25) is 0 Å². The van der Waals surface area contributed by atoms with Gasteiger partial charge in [0.25, 0.3) is 10.0 Å². The molecule has 1 aliphatic carbocycles. The highest BCUT2D eigenvalue weighted by Crippen LogP contribution is 2.27. The fourth-order valence-electron chi connectivity index (χ4n) is 2.51. The highest BCUT2D eigenvalue weighted by molar-refractivity contribution is 7.89. The van der Waals surface area contributed by atoms with Crippen molar-refractivity contribution in [3.8, 4) is 0 Å². The lowest BCUT2D eigenvalue weighted by Gasteiger charge is -2.32. The maximum Gasteiger partial charge on any atom is 0.262 e. The monoisotopic (exact) mass is 287 g/mol. The first-order chi connectivity index (χ1) is 8.95. The number of aromatic nitrogens is 2. The van der Waals surface area contributed by atoms with Crippen LogP contribution in [0.2, 0.25) is 0 Å². The van der Waals surface area contributed by atoms with Gasteiger partial charge in [-0.2, -0.15) is 4.31 Å². The second kappa shape index (κ2) is 5.60. The van der Waals surface area contributed by atoms with Crippen LogP contribution in [-0.4, -0.2) is 48.6 Å². The van der Waals surface area contributed by atoms with Gasteiger partial charge in [0.15, 0.2) is 5.03 Å². The standard InChI is InChI=1S/C12H21N3O3S/c1-14-8-12(13-9-14)19(16,17)15(2)10-4-6-11(18-3)7-5-10/h8-11H,4-7H2,1-3H3. The molecule has 1 aromatic heterocycles. The van der Waals surface area contributed by atoms with Crippen molar-refractivity contribution in [3.05, 3.63) is 12.5 Å². The zero-order valence-corrected chi connectivity index (χ0v) is 12.4. The Bertz CT molecular complexity index is 518. The van der Waals surface area contributed by atoms with Crippen LogP contribution in [0.1, 0.15) is 25.7 Å². The maximum absolute atomic E-state index is 12.4. The van der Waals surface area contributed by atoms with E-state index in [1.165, 1.54) is 16.8 Å². The molecule has 19 heavy (non-hydrogen) atoms. The van der Waals surface area contributed by atoms with Gasteiger partial charge in [-0.05, 0) is 25.7 Å². The summed E-state index contributed by atoms with van der Waals surface area (Å²) < 4.78 is 33.2.